The van der Waals surface area contributed by atoms with E-state index in [-0.39, 0.29) is 0 Å². The van der Waals surface area contributed by atoms with Crippen molar-refractivity contribution in [3.05, 3.63) is 0 Å². The van der Waals surface area contributed by atoms with Gasteiger partial charge in [-0.15, -0.1) is 0 Å². The van der Waals surface area contributed by atoms with Crippen molar-refractivity contribution in [1.82, 2.24) is 10.6 Å². The average molecular weight is 126 g/mol. The molecule has 1 saturated heterocycles. The second kappa shape index (κ2) is 1.96. The number of nitrogens with one attached hydrogen (secondary N) is 2. The lowest BCUT2D eigenvalue weighted by molar-refractivity contribution is 0.482. The highest BCUT2D eigenvalue weighted by Crippen LogP contribution is 2.44. The van der Waals surface area contributed by atoms with Crippen molar-refractivity contribution >= 4 is 0 Å². The van der Waals surface area contributed by atoms with Crippen LogP contribution in [-0.4, -0.2) is 26.2 Å². The van der Waals surface area contributed by atoms with Gasteiger partial charge in [0, 0.05) is 26.2 Å². The van der Waals surface area contributed by atoms with Crippen LogP contribution in [0.3, 0.4) is 0 Å². The minimum Gasteiger partial charge on any atom is -0.315 e. The molecule has 1 heterocycles. The van der Waals surface area contributed by atoms with Gasteiger partial charge in [0.1, 0.15) is 0 Å². The van der Waals surface area contributed by atoms with Gasteiger partial charge < -0.3 is 10.6 Å². The fourth-order valence-electron chi connectivity index (χ4n) is 1.48. The molecular formula is C7H14N2. The summed E-state index contributed by atoms with van der Waals surface area (Å²) < 4.78 is 0. The fraction of sp³-hybridized carbons (Fsp3) is 1.00. The van der Waals surface area contributed by atoms with Crippen LogP contribution in [0.25, 0.3) is 0 Å². The molecule has 0 atom stereocenters. The van der Waals surface area contributed by atoms with Crippen molar-refractivity contribution in [3.8, 4) is 0 Å². The Kier molecular flexibility index (Phi) is 1.24. The first-order chi connectivity index (χ1) is 4.41. The highest BCUT2D eigenvalue weighted by atomic mass is 15.0. The fourth-order valence-corrected chi connectivity index (χ4v) is 1.48. The van der Waals surface area contributed by atoms with Gasteiger partial charge in [-0.3, -0.25) is 0 Å². The molecule has 2 aliphatic rings. The molecule has 2 rings (SSSR count). The topological polar surface area (TPSA) is 24.1 Å². The summed E-state index contributed by atoms with van der Waals surface area (Å²) in [5, 5.41) is 6.88. The van der Waals surface area contributed by atoms with Gasteiger partial charge in [0.15, 0.2) is 0 Å². The Morgan fingerprint density at radius 2 is 1.44 bits per heavy atom. The van der Waals surface area contributed by atoms with Crippen molar-refractivity contribution in [1.29, 1.82) is 0 Å². The maximum atomic E-state index is 3.44. The maximum absolute atomic E-state index is 3.44. The van der Waals surface area contributed by atoms with E-state index in [9.17, 15) is 0 Å². The predicted octanol–water partition coefficient (Wildman–Crippen LogP) is -0.0406. The van der Waals surface area contributed by atoms with Gasteiger partial charge in [0.2, 0.25) is 0 Å². The van der Waals surface area contributed by atoms with Gasteiger partial charge in [-0.2, -0.15) is 0 Å². The van der Waals surface area contributed by atoms with E-state index in [0.717, 1.165) is 13.1 Å². The van der Waals surface area contributed by atoms with E-state index in [0.29, 0.717) is 5.41 Å². The standard InChI is InChI=1S/C7H14N2/c1-2-7(1)5-8-3-4-9-6-7/h8-9H,1-6H2. The monoisotopic (exact) mass is 126 g/mol. The minimum atomic E-state index is 0.691. The summed E-state index contributed by atoms with van der Waals surface area (Å²) in [5.41, 5.74) is 0.691. The summed E-state index contributed by atoms with van der Waals surface area (Å²) >= 11 is 0. The second-order valence-electron chi connectivity index (χ2n) is 3.35. The lowest BCUT2D eigenvalue weighted by Crippen LogP contribution is -2.24. The normalized spacial score (nSPS) is 32.0. The van der Waals surface area contributed by atoms with E-state index in [2.05, 4.69) is 10.6 Å². The smallest absolute Gasteiger partial charge is 0.00769 e. The number of hydrogen-bond donors (Lipinski definition) is 2. The lowest BCUT2D eigenvalue weighted by Gasteiger charge is -2.09. The quantitative estimate of drug-likeness (QED) is 0.476. The summed E-state index contributed by atoms with van der Waals surface area (Å²) in [7, 11) is 0. The van der Waals surface area contributed by atoms with Crippen molar-refractivity contribution in [2.45, 2.75) is 12.8 Å². The molecule has 1 spiro atoms. The molecule has 1 aliphatic carbocycles. The molecule has 2 N–H and O–H groups in total. The Balaban J connectivity index is 1.92. The molecule has 0 bridgehead atoms. The molecule has 0 aromatic rings. The SMILES string of the molecule is C1CNCC2(CC2)CN1. The van der Waals surface area contributed by atoms with Crippen molar-refractivity contribution < 1.29 is 0 Å². The predicted molar refractivity (Wildman–Crippen MR) is 37.4 cm³/mol. The molecular weight excluding hydrogens is 112 g/mol. The molecule has 1 saturated carbocycles. The van der Waals surface area contributed by atoms with E-state index in [1.807, 2.05) is 0 Å². The summed E-state index contributed by atoms with van der Waals surface area (Å²) in [4.78, 5) is 0. The van der Waals surface area contributed by atoms with Crippen LogP contribution in [0, 0.1) is 5.41 Å². The molecule has 0 amide bonds. The van der Waals surface area contributed by atoms with Crippen molar-refractivity contribution in [3.63, 3.8) is 0 Å². The van der Waals surface area contributed by atoms with Crippen molar-refractivity contribution in [2.75, 3.05) is 26.2 Å². The van der Waals surface area contributed by atoms with Crippen LogP contribution in [-0.2, 0) is 0 Å². The Labute approximate surface area is 56.0 Å². The zero-order valence-electron chi connectivity index (χ0n) is 5.74. The first kappa shape index (κ1) is 5.69. The molecule has 52 valence electrons. The van der Waals surface area contributed by atoms with Gasteiger partial charge in [-0.25, -0.2) is 0 Å². The Morgan fingerprint density at radius 1 is 0.889 bits per heavy atom. The van der Waals surface area contributed by atoms with E-state index >= 15 is 0 Å². The Morgan fingerprint density at radius 3 is 1.89 bits per heavy atom. The van der Waals surface area contributed by atoms with Crippen molar-refractivity contribution in [2.24, 2.45) is 5.41 Å². The molecule has 0 aromatic heterocycles. The Bertz CT molecular complexity index is 97.5. The zero-order valence-corrected chi connectivity index (χ0v) is 5.74. The van der Waals surface area contributed by atoms with Gasteiger partial charge in [-0.05, 0) is 18.3 Å². The van der Waals surface area contributed by atoms with Crippen LogP contribution in [0.15, 0.2) is 0 Å². The van der Waals surface area contributed by atoms with E-state index in [1.54, 1.807) is 0 Å². The average Bonchev–Trinajstić information content (AvgIpc) is 2.64. The van der Waals surface area contributed by atoms with Crippen LogP contribution >= 0.6 is 0 Å². The molecule has 2 heteroatoms. The summed E-state index contributed by atoms with van der Waals surface area (Å²) in [6.07, 6.45) is 2.88. The van der Waals surface area contributed by atoms with E-state index in [4.69, 9.17) is 0 Å². The molecule has 0 radical (unpaired) electrons. The Hall–Kier alpha value is -0.0800. The van der Waals surface area contributed by atoms with Gasteiger partial charge in [-0.1, -0.05) is 0 Å². The largest absolute Gasteiger partial charge is 0.315 e. The van der Waals surface area contributed by atoms with Crippen LogP contribution in [0.4, 0.5) is 0 Å². The molecule has 2 nitrogen and oxygen atoms in total. The molecule has 2 fully saturated rings. The summed E-state index contributed by atoms with van der Waals surface area (Å²) in [6.45, 7) is 4.81. The van der Waals surface area contributed by atoms with Gasteiger partial charge in [0.05, 0.1) is 0 Å². The van der Waals surface area contributed by atoms with Crippen LogP contribution < -0.4 is 10.6 Å². The number of hydrogen-bond acceptors (Lipinski definition) is 2. The van der Waals surface area contributed by atoms with Crippen LogP contribution in [0.2, 0.25) is 0 Å². The molecule has 0 unspecified atom stereocenters. The second-order valence-corrected chi connectivity index (χ2v) is 3.35. The highest BCUT2D eigenvalue weighted by molar-refractivity contribution is 4.97. The summed E-state index contributed by atoms with van der Waals surface area (Å²) in [5.74, 6) is 0. The van der Waals surface area contributed by atoms with Crippen LogP contribution in [0.1, 0.15) is 12.8 Å². The van der Waals surface area contributed by atoms with Gasteiger partial charge >= 0.3 is 0 Å². The highest BCUT2D eigenvalue weighted by Gasteiger charge is 2.42. The van der Waals surface area contributed by atoms with E-state index < -0.39 is 0 Å². The molecule has 1 aliphatic heterocycles. The third kappa shape index (κ3) is 1.10. The third-order valence-corrected chi connectivity index (χ3v) is 2.44. The van der Waals surface area contributed by atoms with Gasteiger partial charge in [0.25, 0.3) is 0 Å². The lowest BCUT2D eigenvalue weighted by atomic mass is 10.1. The first-order valence-electron chi connectivity index (χ1n) is 3.83. The first-order valence-corrected chi connectivity index (χ1v) is 3.83. The summed E-state index contributed by atoms with van der Waals surface area (Å²) in [6, 6.07) is 0. The molecule has 0 aromatic carbocycles. The zero-order chi connectivity index (χ0) is 6.16. The van der Waals surface area contributed by atoms with Crippen LogP contribution in [0.5, 0.6) is 0 Å². The molecule has 9 heavy (non-hydrogen) atoms. The third-order valence-electron chi connectivity index (χ3n) is 2.44. The maximum Gasteiger partial charge on any atom is 0.00769 e. The minimum absolute atomic E-state index is 0.691. The van der Waals surface area contributed by atoms with E-state index in [1.165, 1.54) is 25.9 Å². The number of rotatable bonds is 0.